The molecular formula is C19H23N3O4. The van der Waals surface area contributed by atoms with E-state index >= 15 is 0 Å². The maximum Gasteiger partial charge on any atom is 0.312 e. The topological polar surface area (TPSA) is 95.7 Å². The van der Waals surface area contributed by atoms with E-state index in [-0.39, 0.29) is 18.9 Å². The number of hydrogen-bond acceptors (Lipinski definition) is 4. The minimum absolute atomic E-state index is 0.0338. The van der Waals surface area contributed by atoms with Crippen molar-refractivity contribution in [3.8, 4) is 5.69 Å². The molecule has 1 aromatic heterocycles. The largest absolute Gasteiger partial charge is 0.481 e. The molecule has 0 radical (unpaired) electrons. The summed E-state index contributed by atoms with van der Waals surface area (Å²) < 4.78 is 1.70. The zero-order chi connectivity index (χ0) is 18.7. The second kappa shape index (κ2) is 7.29. The second-order valence-electron chi connectivity index (χ2n) is 6.73. The summed E-state index contributed by atoms with van der Waals surface area (Å²) >= 11 is 0. The van der Waals surface area contributed by atoms with Crippen LogP contribution < -0.4 is 0 Å². The van der Waals surface area contributed by atoms with E-state index in [9.17, 15) is 19.8 Å². The third-order valence-corrected chi connectivity index (χ3v) is 5.15. The summed E-state index contributed by atoms with van der Waals surface area (Å²) in [6.07, 6.45) is 3.77. The zero-order valence-electron chi connectivity index (χ0n) is 14.7. The highest BCUT2D eigenvalue weighted by atomic mass is 16.4. The molecule has 7 heteroatoms. The first-order valence-electron chi connectivity index (χ1n) is 8.79. The number of aliphatic carboxylic acids is 1. The molecule has 1 aromatic carbocycles. The molecule has 1 aliphatic heterocycles. The number of amides is 1. The van der Waals surface area contributed by atoms with E-state index in [4.69, 9.17) is 0 Å². The van der Waals surface area contributed by atoms with E-state index in [0.717, 1.165) is 5.69 Å². The van der Waals surface area contributed by atoms with Crippen molar-refractivity contribution in [3.63, 3.8) is 0 Å². The lowest BCUT2D eigenvalue weighted by molar-refractivity contribution is -0.162. The van der Waals surface area contributed by atoms with E-state index in [1.807, 2.05) is 19.2 Å². The van der Waals surface area contributed by atoms with Crippen LogP contribution in [0, 0.1) is 5.41 Å². The normalized spacial score (nSPS) is 23.0. The Labute approximate surface area is 151 Å². The van der Waals surface area contributed by atoms with Gasteiger partial charge in [0.25, 0.3) is 5.91 Å². The molecule has 2 atom stereocenters. The number of aliphatic hydroxyl groups is 1. The standard InChI is InChI=1S/C19H23N3O4/c1-2-8-19(18(25)26)9-12-21(13-16(19)23)17(24)14-4-6-15(7-5-14)22-11-3-10-20-22/h3-7,10-11,16,23H,2,8-9,12-13H2,1H3,(H,25,26)/t16-,19+/m1/s1. The van der Waals surface area contributed by atoms with Crippen LogP contribution in [0.15, 0.2) is 42.7 Å². The Morgan fingerprint density at radius 3 is 2.58 bits per heavy atom. The minimum atomic E-state index is -1.16. The SMILES string of the molecule is CCC[C@]1(C(=O)O)CCN(C(=O)c2ccc(-n3cccn3)cc2)C[C@H]1O. The lowest BCUT2D eigenvalue weighted by Crippen LogP contribution is -2.56. The average Bonchev–Trinajstić information content (AvgIpc) is 3.17. The lowest BCUT2D eigenvalue weighted by Gasteiger charge is -2.42. The summed E-state index contributed by atoms with van der Waals surface area (Å²) in [4.78, 5) is 26.0. The van der Waals surface area contributed by atoms with E-state index in [1.165, 1.54) is 4.90 Å². The summed E-state index contributed by atoms with van der Waals surface area (Å²) in [6, 6.07) is 8.87. The molecule has 0 unspecified atom stereocenters. The highest BCUT2D eigenvalue weighted by molar-refractivity contribution is 5.94. The Bertz CT molecular complexity index is 773. The van der Waals surface area contributed by atoms with E-state index in [1.54, 1.807) is 35.1 Å². The van der Waals surface area contributed by atoms with Crippen molar-refractivity contribution in [2.75, 3.05) is 13.1 Å². The number of carbonyl (C=O) groups excluding carboxylic acids is 1. The molecule has 0 bridgehead atoms. The Morgan fingerprint density at radius 1 is 1.31 bits per heavy atom. The first-order valence-corrected chi connectivity index (χ1v) is 8.79. The van der Waals surface area contributed by atoms with E-state index < -0.39 is 17.5 Å². The summed E-state index contributed by atoms with van der Waals surface area (Å²) in [6.45, 7) is 2.26. The fraction of sp³-hybridized carbons (Fsp3) is 0.421. The van der Waals surface area contributed by atoms with Gasteiger partial charge in [-0.3, -0.25) is 9.59 Å². The molecule has 0 aliphatic carbocycles. The number of aromatic nitrogens is 2. The number of hydrogen-bond donors (Lipinski definition) is 2. The van der Waals surface area contributed by atoms with Crippen LogP contribution in [0.5, 0.6) is 0 Å². The first-order chi connectivity index (χ1) is 12.5. The van der Waals surface area contributed by atoms with Gasteiger partial charge in [-0.25, -0.2) is 4.68 Å². The van der Waals surface area contributed by atoms with Crippen LogP contribution in [0.1, 0.15) is 36.5 Å². The molecule has 3 rings (SSSR count). The Kier molecular flexibility index (Phi) is 5.08. The number of piperidine rings is 1. The van der Waals surface area contributed by atoms with Crippen molar-refractivity contribution >= 4 is 11.9 Å². The number of likely N-dealkylation sites (tertiary alicyclic amines) is 1. The Morgan fingerprint density at radius 2 is 2.04 bits per heavy atom. The zero-order valence-corrected chi connectivity index (χ0v) is 14.7. The molecule has 0 spiro atoms. The third kappa shape index (κ3) is 3.22. The maximum atomic E-state index is 12.7. The van der Waals surface area contributed by atoms with Crippen molar-refractivity contribution in [1.82, 2.24) is 14.7 Å². The molecule has 2 N–H and O–H groups in total. The monoisotopic (exact) mass is 357 g/mol. The first kappa shape index (κ1) is 18.1. The van der Waals surface area contributed by atoms with Gasteiger partial charge in [0, 0.05) is 31.0 Å². The molecule has 1 saturated heterocycles. The number of carboxylic acid groups (broad SMARTS) is 1. The van der Waals surface area contributed by atoms with Crippen molar-refractivity contribution in [2.24, 2.45) is 5.41 Å². The van der Waals surface area contributed by atoms with Crippen LogP contribution in [0.3, 0.4) is 0 Å². The highest BCUT2D eigenvalue weighted by Gasteiger charge is 2.48. The third-order valence-electron chi connectivity index (χ3n) is 5.15. The number of aliphatic hydroxyl groups excluding tert-OH is 1. The maximum absolute atomic E-state index is 12.7. The Balaban J connectivity index is 1.72. The lowest BCUT2D eigenvalue weighted by atomic mass is 9.72. The number of β-amino-alcohol motifs (C(OH)–C–C–N with tert-alkyl or cyclic N) is 1. The molecule has 7 nitrogen and oxygen atoms in total. The van der Waals surface area contributed by atoms with Gasteiger partial charge >= 0.3 is 5.97 Å². The van der Waals surface area contributed by atoms with Gasteiger partial charge in [-0.15, -0.1) is 0 Å². The van der Waals surface area contributed by atoms with Gasteiger partial charge in [0.15, 0.2) is 0 Å². The van der Waals surface area contributed by atoms with Crippen LogP contribution in [0.4, 0.5) is 0 Å². The number of nitrogens with zero attached hydrogens (tertiary/aromatic N) is 3. The van der Waals surface area contributed by atoms with Crippen molar-refractivity contribution in [1.29, 1.82) is 0 Å². The fourth-order valence-corrected chi connectivity index (χ4v) is 3.62. The number of rotatable bonds is 5. The van der Waals surface area contributed by atoms with Crippen LogP contribution in [-0.4, -0.2) is 56.0 Å². The molecule has 1 amide bonds. The molecule has 2 aromatic rings. The molecule has 26 heavy (non-hydrogen) atoms. The van der Waals surface area contributed by atoms with Gasteiger partial charge in [0.05, 0.1) is 17.2 Å². The van der Waals surface area contributed by atoms with Gasteiger partial charge in [-0.05, 0) is 43.2 Å². The molecule has 1 aliphatic rings. The molecule has 138 valence electrons. The second-order valence-corrected chi connectivity index (χ2v) is 6.73. The number of carboxylic acids is 1. The number of benzene rings is 1. The van der Waals surface area contributed by atoms with Gasteiger partial charge in [-0.2, -0.15) is 5.10 Å². The Hall–Kier alpha value is -2.67. The van der Waals surface area contributed by atoms with Crippen molar-refractivity contribution < 1.29 is 19.8 Å². The highest BCUT2D eigenvalue weighted by Crippen LogP contribution is 2.37. The molecular weight excluding hydrogens is 334 g/mol. The van der Waals surface area contributed by atoms with Crippen molar-refractivity contribution in [2.45, 2.75) is 32.3 Å². The average molecular weight is 357 g/mol. The summed E-state index contributed by atoms with van der Waals surface area (Å²) in [5.74, 6) is -1.19. The van der Waals surface area contributed by atoms with Crippen LogP contribution in [0.25, 0.3) is 5.69 Å². The van der Waals surface area contributed by atoms with Crippen LogP contribution in [0.2, 0.25) is 0 Å². The number of carbonyl (C=O) groups is 2. The summed E-state index contributed by atoms with van der Waals surface area (Å²) in [5.41, 5.74) is 0.194. The summed E-state index contributed by atoms with van der Waals surface area (Å²) in [5, 5.41) is 24.2. The smallest absolute Gasteiger partial charge is 0.312 e. The van der Waals surface area contributed by atoms with E-state index in [2.05, 4.69) is 5.10 Å². The van der Waals surface area contributed by atoms with Gasteiger partial charge in [0.1, 0.15) is 0 Å². The molecule has 1 fully saturated rings. The predicted octanol–water partition coefficient (Wildman–Crippen LogP) is 1.95. The van der Waals surface area contributed by atoms with Gasteiger partial charge in [-0.1, -0.05) is 13.3 Å². The van der Waals surface area contributed by atoms with Gasteiger partial charge < -0.3 is 15.1 Å². The molecule has 0 saturated carbocycles. The molecule has 2 heterocycles. The van der Waals surface area contributed by atoms with Crippen LogP contribution >= 0.6 is 0 Å². The fourth-order valence-electron chi connectivity index (χ4n) is 3.62. The summed E-state index contributed by atoms with van der Waals surface area (Å²) in [7, 11) is 0. The predicted molar refractivity (Wildman–Crippen MR) is 95.1 cm³/mol. The quantitative estimate of drug-likeness (QED) is 0.853. The van der Waals surface area contributed by atoms with Crippen molar-refractivity contribution in [3.05, 3.63) is 48.3 Å². The minimum Gasteiger partial charge on any atom is -0.481 e. The van der Waals surface area contributed by atoms with E-state index in [0.29, 0.717) is 24.9 Å². The van der Waals surface area contributed by atoms with Crippen LogP contribution in [-0.2, 0) is 4.79 Å². The van der Waals surface area contributed by atoms with Gasteiger partial charge in [0.2, 0.25) is 0 Å².